The number of carbonyl (C=O) groups excluding carboxylic acids is 1. The highest BCUT2D eigenvalue weighted by atomic mass is 35.5. The van der Waals surface area contributed by atoms with Gasteiger partial charge in [0.25, 0.3) is 0 Å². The highest BCUT2D eigenvalue weighted by molar-refractivity contribution is 7.89. The van der Waals surface area contributed by atoms with E-state index in [0.29, 0.717) is 28.4 Å². The van der Waals surface area contributed by atoms with Crippen molar-refractivity contribution in [1.29, 1.82) is 0 Å². The van der Waals surface area contributed by atoms with Crippen LogP contribution < -0.4 is 5.32 Å². The van der Waals surface area contributed by atoms with Crippen molar-refractivity contribution in [1.82, 2.24) is 14.2 Å². The molecule has 1 aliphatic rings. The number of alkyl halides is 1. The Morgan fingerprint density at radius 2 is 2.00 bits per heavy atom. The zero-order valence-corrected chi connectivity index (χ0v) is 16.3. The monoisotopic (exact) mass is 402 g/mol. The van der Waals surface area contributed by atoms with Crippen LogP contribution in [-0.2, 0) is 14.8 Å². The average molecular weight is 403 g/mol. The molecule has 3 rings (SSSR count). The van der Waals surface area contributed by atoms with Gasteiger partial charge in [0.15, 0.2) is 5.13 Å². The number of carbonyl (C=O) groups is 1. The molecule has 1 unspecified atom stereocenters. The molecule has 25 heavy (non-hydrogen) atoms. The first-order valence-electron chi connectivity index (χ1n) is 7.81. The number of sulfonamides is 1. The van der Waals surface area contributed by atoms with E-state index in [0.717, 1.165) is 13.1 Å². The molecule has 0 spiro atoms. The van der Waals surface area contributed by atoms with Crippen LogP contribution in [0.1, 0.15) is 6.92 Å². The molecule has 1 atom stereocenters. The highest BCUT2D eigenvalue weighted by Crippen LogP contribution is 2.29. The van der Waals surface area contributed by atoms with Crippen LogP contribution in [0.5, 0.6) is 0 Å². The van der Waals surface area contributed by atoms with Crippen LogP contribution >= 0.6 is 22.9 Å². The molecule has 136 valence electrons. The van der Waals surface area contributed by atoms with Crippen molar-refractivity contribution in [3.8, 4) is 0 Å². The minimum Gasteiger partial charge on any atom is -0.304 e. The molecule has 0 saturated carbocycles. The Morgan fingerprint density at radius 1 is 1.32 bits per heavy atom. The van der Waals surface area contributed by atoms with Crippen LogP contribution in [-0.4, -0.2) is 67.1 Å². The molecule has 2 aromatic rings. The number of amides is 1. The third-order valence-electron chi connectivity index (χ3n) is 4.05. The summed E-state index contributed by atoms with van der Waals surface area (Å²) in [6, 6.07) is 4.83. The summed E-state index contributed by atoms with van der Waals surface area (Å²) in [6.45, 7) is 3.97. The van der Waals surface area contributed by atoms with E-state index in [1.807, 2.05) is 7.05 Å². The predicted molar refractivity (Wildman–Crippen MR) is 99.8 cm³/mol. The van der Waals surface area contributed by atoms with Gasteiger partial charge in [-0.15, -0.1) is 11.6 Å². The average Bonchev–Trinajstić information content (AvgIpc) is 2.96. The lowest BCUT2D eigenvalue weighted by atomic mass is 10.3. The normalized spacial score (nSPS) is 18.4. The van der Waals surface area contributed by atoms with E-state index >= 15 is 0 Å². The van der Waals surface area contributed by atoms with Crippen molar-refractivity contribution in [3.05, 3.63) is 18.2 Å². The van der Waals surface area contributed by atoms with E-state index in [-0.39, 0.29) is 10.8 Å². The Hall–Kier alpha value is -1.26. The van der Waals surface area contributed by atoms with Gasteiger partial charge in [-0.05, 0) is 32.2 Å². The molecule has 1 N–H and O–H groups in total. The van der Waals surface area contributed by atoms with E-state index in [2.05, 4.69) is 15.2 Å². The van der Waals surface area contributed by atoms with Crippen molar-refractivity contribution in [2.45, 2.75) is 17.2 Å². The number of nitrogens with zero attached hydrogens (tertiary/aromatic N) is 3. The van der Waals surface area contributed by atoms with Gasteiger partial charge in [0.1, 0.15) is 5.38 Å². The number of likely N-dealkylation sites (N-methyl/N-ethyl adjacent to an activating group) is 1. The second-order valence-corrected chi connectivity index (χ2v) is 9.58. The molecule has 2 heterocycles. The molecule has 0 radical (unpaired) electrons. The number of fused-ring (bicyclic) bond motifs is 1. The fraction of sp³-hybridized carbons (Fsp3) is 0.467. The fourth-order valence-electron chi connectivity index (χ4n) is 2.50. The van der Waals surface area contributed by atoms with Gasteiger partial charge in [-0.25, -0.2) is 13.4 Å². The summed E-state index contributed by atoms with van der Waals surface area (Å²) in [6.07, 6.45) is 0. The standard InChI is InChI=1S/C15H19ClN4O3S2/c1-10(16)14(21)18-15-17-12-4-3-11(9-13(12)24-15)25(22,23)20-7-5-19(2)6-8-20/h3-4,9-10H,5-8H2,1-2H3,(H,17,18,21). The highest BCUT2D eigenvalue weighted by Gasteiger charge is 2.27. The summed E-state index contributed by atoms with van der Waals surface area (Å²) in [5, 5.41) is 2.37. The zero-order valence-electron chi connectivity index (χ0n) is 13.9. The van der Waals surface area contributed by atoms with Gasteiger partial charge in [-0.3, -0.25) is 4.79 Å². The van der Waals surface area contributed by atoms with Crippen molar-refractivity contribution >= 4 is 54.2 Å². The first kappa shape index (κ1) is 18.5. The minimum absolute atomic E-state index is 0.247. The van der Waals surface area contributed by atoms with Crippen LogP contribution in [0.2, 0.25) is 0 Å². The number of aromatic nitrogens is 1. The van der Waals surface area contributed by atoms with E-state index < -0.39 is 15.4 Å². The lowest BCUT2D eigenvalue weighted by Crippen LogP contribution is -2.46. The van der Waals surface area contributed by atoms with Crippen molar-refractivity contribution in [2.24, 2.45) is 0 Å². The summed E-state index contributed by atoms with van der Waals surface area (Å²) in [5.74, 6) is -0.342. The second-order valence-electron chi connectivity index (χ2n) is 5.96. The number of thiazole rings is 1. The molecular weight excluding hydrogens is 384 g/mol. The number of rotatable bonds is 4. The molecule has 0 bridgehead atoms. The van der Waals surface area contributed by atoms with Gasteiger partial charge in [0, 0.05) is 26.2 Å². The smallest absolute Gasteiger partial charge is 0.243 e. The SMILES string of the molecule is CC(Cl)C(=O)Nc1nc2ccc(S(=O)(=O)N3CCN(C)CC3)cc2s1. The zero-order chi connectivity index (χ0) is 18.2. The number of benzene rings is 1. The Kier molecular flexibility index (Phi) is 5.31. The summed E-state index contributed by atoms with van der Waals surface area (Å²) >= 11 is 6.96. The van der Waals surface area contributed by atoms with Crippen LogP contribution in [0.3, 0.4) is 0 Å². The van der Waals surface area contributed by atoms with Crippen LogP contribution in [0, 0.1) is 0 Å². The maximum Gasteiger partial charge on any atom is 0.243 e. The van der Waals surface area contributed by atoms with E-state index in [4.69, 9.17) is 11.6 Å². The number of hydrogen-bond donors (Lipinski definition) is 1. The minimum atomic E-state index is -3.53. The van der Waals surface area contributed by atoms with Crippen LogP contribution in [0.25, 0.3) is 10.2 Å². The molecule has 10 heteroatoms. The second kappa shape index (κ2) is 7.16. The molecule has 1 aliphatic heterocycles. The number of halogens is 1. The van der Waals surface area contributed by atoms with Crippen molar-refractivity contribution in [3.63, 3.8) is 0 Å². The number of nitrogens with one attached hydrogen (secondary N) is 1. The molecule has 1 aromatic carbocycles. The summed E-state index contributed by atoms with van der Waals surface area (Å²) in [5.41, 5.74) is 0.639. The van der Waals surface area contributed by atoms with Gasteiger partial charge >= 0.3 is 0 Å². The van der Waals surface area contributed by atoms with Gasteiger partial charge in [0.2, 0.25) is 15.9 Å². The lowest BCUT2D eigenvalue weighted by Gasteiger charge is -2.31. The molecule has 0 aliphatic carbocycles. The van der Waals surface area contributed by atoms with Crippen molar-refractivity contribution < 1.29 is 13.2 Å². The predicted octanol–water partition coefficient (Wildman–Crippen LogP) is 1.80. The van der Waals surface area contributed by atoms with Gasteiger partial charge in [-0.1, -0.05) is 11.3 Å². The number of piperazine rings is 1. The third-order valence-corrected chi connectivity index (χ3v) is 7.08. The van der Waals surface area contributed by atoms with Crippen LogP contribution in [0.4, 0.5) is 5.13 Å². The lowest BCUT2D eigenvalue weighted by molar-refractivity contribution is -0.115. The van der Waals surface area contributed by atoms with Gasteiger partial charge in [0.05, 0.1) is 15.1 Å². The van der Waals surface area contributed by atoms with Gasteiger partial charge in [-0.2, -0.15) is 4.31 Å². The topological polar surface area (TPSA) is 82.6 Å². The molecule has 1 fully saturated rings. The number of anilines is 1. The summed E-state index contributed by atoms with van der Waals surface area (Å²) in [7, 11) is -1.55. The van der Waals surface area contributed by atoms with E-state index in [1.54, 1.807) is 25.1 Å². The fourth-order valence-corrected chi connectivity index (χ4v) is 4.99. The Morgan fingerprint density at radius 3 is 2.64 bits per heavy atom. The molecular formula is C15H19ClN4O3S2. The van der Waals surface area contributed by atoms with E-state index in [9.17, 15) is 13.2 Å². The maximum absolute atomic E-state index is 12.8. The third kappa shape index (κ3) is 3.95. The molecule has 1 amide bonds. The molecule has 7 nitrogen and oxygen atoms in total. The van der Waals surface area contributed by atoms with Gasteiger partial charge < -0.3 is 10.2 Å². The Balaban J connectivity index is 1.86. The Bertz CT molecular complexity index is 889. The first-order valence-corrected chi connectivity index (χ1v) is 10.5. The van der Waals surface area contributed by atoms with Crippen LogP contribution in [0.15, 0.2) is 23.1 Å². The summed E-state index contributed by atoms with van der Waals surface area (Å²) < 4.78 is 27.8. The van der Waals surface area contributed by atoms with Crippen molar-refractivity contribution in [2.75, 3.05) is 38.5 Å². The van der Waals surface area contributed by atoms with E-state index in [1.165, 1.54) is 15.6 Å². The largest absolute Gasteiger partial charge is 0.304 e. The number of hydrogen-bond acceptors (Lipinski definition) is 6. The maximum atomic E-state index is 12.8. The molecule has 1 saturated heterocycles. The quantitative estimate of drug-likeness (QED) is 0.788. The first-order chi connectivity index (χ1) is 11.8. The molecule has 1 aromatic heterocycles. The Labute approximate surface area is 155 Å². The summed E-state index contributed by atoms with van der Waals surface area (Å²) in [4.78, 5) is 18.3.